The number of carbonyl (C=O) groups is 2. The fraction of sp³-hybridized carbons (Fsp3) is 0.467. The molecule has 19 heavy (non-hydrogen) atoms. The second-order valence-electron chi connectivity index (χ2n) is 4.88. The zero-order chi connectivity index (χ0) is 14.4. The van der Waals surface area contributed by atoms with E-state index in [0.29, 0.717) is 12.1 Å². The molecule has 1 atom stereocenters. The summed E-state index contributed by atoms with van der Waals surface area (Å²) in [5.41, 5.74) is 2.97. The molecule has 0 bridgehead atoms. The number of carboxylic acids is 1. The predicted octanol–water partition coefficient (Wildman–Crippen LogP) is 3.13. The first-order valence-corrected chi connectivity index (χ1v) is 6.54. The highest BCUT2D eigenvalue weighted by molar-refractivity contribution is 5.93. The van der Waals surface area contributed by atoms with E-state index in [1.807, 2.05) is 39.0 Å². The van der Waals surface area contributed by atoms with E-state index in [9.17, 15) is 9.59 Å². The van der Waals surface area contributed by atoms with Gasteiger partial charge in [-0.3, -0.25) is 9.59 Å². The van der Waals surface area contributed by atoms with Gasteiger partial charge >= 0.3 is 5.97 Å². The van der Waals surface area contributed by atoms with Crippen molar-refractivity contribution in [2.45, 2.75) is 40.0 Å². The van der Waals surface area contributed by atoms with Gasteiger partial charge < -0.3 is 10.4 Å². The summed E-state index contributed by atoms with van der Waals surface area (Å²) >= 11 is 0. The Balaban J connectivity index is 2.63. The molecule has 0 fully saturated rings. The van der Waals surface area contributed by atoms with Crippen molar-refractivity contribution >= 4 is 17.6 Å². The van der Waals surface area contributed by atoms with Gasteiger partial charge in [0.15, 0.2) is 0 Å². The molecule has 4 heteroatoms. The normalized spacial score (nSPS) is 11.9. The van der Waals surface area contributed by atoms with Crippen molar-refractivity contribution in [2.24, 2.45) is 5.92 Å². The Morgan fingerprint density at radius 3 is 2.47 bits per heavy atom. The van der Waals surface area contributed by atoms with Crippen LogP contribution in [0.5, 0.6) is 0 Å². The minimum atomic E-state index is -0.905. The highest BCUT2D eigenvalue weighted by Gasteiger charge is 2.20. The summed E-state index contributed by atoms with van der Waals surface area (Å²) in [6, 6.07) is 5.66. The Bertz CT molecular complexity index is 468. The van der Waals surface area contributed by atoms with E-state index in [0.717, 1.165) is 17.5 Å². The monoisotopic (exact) mass is 263 g/mol. The molecule has 104 valence electrons. The number of anilines is 1. The van der Waals surface area contributed by atoms with Gasteiger partial charge in [-0.15, -0.1) is 0 Å². The summed E-state index contributed by atoms with van der Waals surface area (Å²) in [5, 5.41) is 11.8. The number of nitrogens with one attached hydrogen (secondary N) is 1. The lowest BCUT2D eigenvalue weighted by atomic mass is 9.99. The second kappa shape index (κ2) is 6.92. The van der Waals surface area contributed by atoms with E-state index >= 15 is 0 Å². The highest BCUT2D eigenvalue weighted by atomic mass is 16.4. The minimum absolute atomic E-state index is 0.0239. The average Bonchev–Trinajstić information content (AvgIpc) is 2.33. The van der Waals surface area contributed by atoms with Crippen molar-refractivity contribution in [3.8, 4) is 0 Å². The average molecular weight is 263 g/mol. The van der Waals surface area contributed by atoms with E-state index in [-0.39, 0.29) is 12.3 Å². The molecule has 1 rings (SSSR count). The van der Waals surface area contributed by atoms with Crippen LogP contribution in [0.25, 0.3) is 0 Å². The smallest absolute Gasteiger partial charge is 0.307 e. The molecular formula is C15H21NO3. The van der Waals surface area contributed by atoms with Gasteiger partial charge in [-0.25, -0.2) is 0 Å². The van der Waals surface area contributed by atoms with Crippen LogP contribution in [-0.4, -0.2) is 17.0 Å². The Morgan fingerprint density at radius 2 is 1.95 bits per heavy atom. The van der Waals surface area contributed by atoms with E-state index in [4.69, 9.17) is 5.11 Å². The van der Waals surface area contributed by atoms with Gasteiger partial charge in [0.05, 0.1) is 5.92 Å². The molecule has 0 spiro atoms. The van der Waals surface area contributed by atoms with Gasteiger partial charge in [0.1, 0.15) is 0 Å². The topological polar surface area (TPSA) is 66.4 Å². The second-order valence-corrected chi connectivity index (χ2v) is 4.88. The van der Waals surface area contributed by atoms with Crippen LogP contribution in [0.1, 0.15) is 37.3 Å². The van der Waals surface area contributed by atoms with E-state index in [1.165, 1.54) is 0 Å². The van der Waals surface area contributed by atoms with Gasteiger partial charge in [0.25, 0.3) is 0 Å². The molecule has 0 saturated heterocycles. The maximum absolute atomic E-state index is 11.8. The lowest BCUT2D eigenvalue weighted by Crippen LogP contribution is -2.22. The van der Waals surface area contributed by atoms with Crippen LogP contribution < -0.4 is 5.32 Å². The van der Waals surface area contributed by atoms with Crippen LogP contribution in [0.3, 0.4) is 0 Å². The minimum Gasteiger partial charge on any atom is -0.481 e. The first kappa shape index (κ1) is 15.2. The van der Waals surface area contributed by atoms with E-state index in [2.05, 4.69) is 5.32 Å². The van der Waals surface area contributed by atoms with Crippen molar-refractivity contribution in [1.29, 1.82) is 0 Å². The van der Waals surface area contributed by atoms with Crippen molar-refractivity contribution in [2.75, 3.05) is 5.32 Å². The molecule has 0 aliphatic carbocycles. The van der Waals surface area contributed by atoms with Crippen molar-refractivity contribution in [3.63, 3.8) is 0 Å². The molecule has 1 amide bonds. The molecule has 0 aliphatic rings. The lowest BCUT2D eigenvalue weighted by molar-refractivity contribution is -0.143. The summed E-state index contributed by atoms with van der Waals surface area (Å²) in [6.45, 7) is 5.89. The Kier molecular flexibility index (Phi) is 5.55. The van der Waals surface area contributed by atoms with E-state index in [1.54, 1.807) is 0 Å². The zero-order valence-electron chi connectivity index (χ0n) is 11.7. The third-order valence-corrected chi connectivity index (χ3v) is 3.21. The SMILES string of the molecule is CCCC(CC(=O)Nc1ccc(C)c(C)c1)C(=O)O. The summed E-state index contributed by atoms with van der Waals surface area (Å²) in [4.78, 5) is 22.8. The first-order valence-electron chi connectivity index (χ1n) is 6.54. The Labute approximate surface area is 113 Å². The van der Waals surface area contributed by atoms with Crippen LogP contribution in [0, 0.1) is 19.8 Å². The predicted molar refractivity (Wildman–Crippen MR) is 75.2 cm³/mol. The van der Waals surface area contributed by atoms with Crippen LogP contribution in [0.4, 0.5) is 5.69 Å². The van der Waals surface area contributed by atoms with Crippen LogP contribution in [0.2, 0.25) is 0 Å². The fourth-order valence-electron chi connectivity index (χ4n) is 1.92. The number of hydrogen-bond donors (Lipinski definition) is 2. The van der Waals surface area contributed by atoms with Gasteiger partial charge in [0.2, 0.25) is 5.91 Å². The van der Waals surface area contributed by atoms with Crippen LogP contribution >= 0.6 is 0 Å². The summed E-state index contributed by atoms with van der Waals surface area (Å²) in [6.07, 6.45) is 1.31. The molecule has 0 aromatic heterocycles. The molecule has 1 aromatic carbocycles. The van der Waals surface area contributed by atoms with Gasteiger partial charge in [-0.2, -0.15) is 0 Å². The molecule has 0 heterocycles. The molecule has 0 saturated carbocycles. The number of aryl methyl sites for hydroxylation is 2. The van der Waals surface area contributed by atoms with Gasteiger partial charge in [-0.1, -0.05) is 19.4 Å². The number of hydrogen-bond acceptors (Lipinski definition) is 2. The van der Waals surface area contributed by atoms with E-state index < -0.39 is 11.9 Å². The maximum atomic E-state index is 11.8. The summed E-state index contributed by atoms with van der Waals surface area (Å²) < 4.78 is 0. The Hall–Kier alpha value is -1.84. The van der Waals surface area contributed by atoms with Crippen LogP contribution in [-0.2, 0) is 9.59 Å². The quantitative estimate of drug-likeness (QED) is 0.828. The molecule has 2 N–H and O–H groups in total. The lowest BCUT2D eigenvalue weighted by Gasteiger charge is -2.12. The first-order chi connectivity index (χ1) is 8.93. The molecular weight excluding hydrogens is 242 g/mol. The summed E-state index contributed by atoms with van der Waals surface area (Å²) in [7, 11) is 0. The van der Waals surface area contributed by atoms with Crippen molar-refractivity contribution in [1.82, 2.24) is 0 Å². The number of carbonyl (C=O) groups excluding carboxylic acids is 1. The molecule has 0 radical (unpaired) electrons. The van der Waals surface area contributed by atoms with Gasteiger partial charge in [-0.05, 0) is 43.5 Å². The molecule has 1 unspecified atom stereocenters. The number of benzene rings is 1. The summed E-state index contributed by atoms with van der Waals surface area (Å²) in [5.74, 6) is -1.75. The molecule has 0 aliphatic heterocycles. The Morgan fingerprint density at radius 1 is 1.26 bits per heavy atom. The third-order valence-electron chi connectivity index (χ3n) is 3.21. The van der Waals surface area contributed by atoms with Crippen molar-refractivity contribution in [3.05, 3.63) is 29.3 Å². The van der Waals surface area contributed by atoms with Gasteiger partial charge in [0, 0.05) is 12.1 Å². The largest absolute Gasteiger partial charge is 0.481 e. The number of amides is 1. The fourth-order valence-corrected chi connectivity index (χ4v) is 1.92. The standard InChI is InChI=1S/C15H21NO3/c1-4-5-12(15(18)19)9-14(17)16-13-7-6-10(2)11(3)8-13/h6-8,12H,4-5,9H2,1-3H3,(H,16,17)(H,18,19). The van der Waals surface area contributed by atoms with Crippen LogP contribution in [0.15, 0.2) is 18.2 Å². The maximum Gasteiger partial charge on any atom is 0.307 e. The number of carboxylic acid groups (broad SMARTS) is 1. The number of rotatable bonds is 6. The molecule has 1 aromatic rings. The van der Waals surface area contributed by atoms with Crippen molar-refractivity contribution < 1.29 is 14.7 Å². The highest BCUT2D eigenvalue weighted by Crippen LogP contribution is 2.16. The zero-order valence-corrected chi connectivity index (χ0v) is 11.7. The third kappa shape index (κ3) is 4.73. The molecule has 4 nitrogen and oxygen atoms in total. The number of aliphatic carboxylic acids is 1.